The van der Waals surface area contributed by atoms with Crippen LogP contribution in [0.1, 0.15) is 11.3 Å². The van der Waals surface area contributed by atoms with E-state index in [4.69, 9.17) is 4.74 Å². The standard InChI is InChI=1S/C11H14N4O/c1-4-16-7-8-5-9(6-14-10(1)8)15-11-12-2-3-13-11/h5-6H,1-4,7H2,(H2,12,13,15). The summed E-state index contributed by atoms with van der Waals surface area (Å²) in [4.78, 5) is 8.71. The highest BCUT2D eigenvalue weighted by atomic mass is 16.5. The van der Waals surface area contributed by atoms with Gasteiger partial charge in [-0.05, 0) is 6.07 Å². The largest absolute Gasteiger partial charge is 0.376 e. The Morgan fingerprint density at radius 3 is 3.31 bits per heavy atom. The molecular weight excluding hydrogens is 204 g/mol. The van der Waals surface area contributed by atoms with Gasteiger partial charge in [0.25, 0.3) is 0 Å². The number of guanidine groups is 1. The summed E-state index contributed by atoms with van der Waals surface area (Å²) in [5.74, 6) is 0.832. The third-order valence-electron chi connectivity index (χ3n) is 2.74. The van der Waals surface area contributed by atoms with Crippen molar-refractivity contribution in [1.29, 1.82) is 0 Å². The van der Waals surface area contributed by atoms with E-state index in [1.54, 1.807) is 0 Å². The van der Waals surface area contributed by atoms with Gasteiger partial charge in [0.15, 0.2) is 5.96 Å². The Hall–Kier alpha value is -1.62. The summed E-state index contributed by atoms with van der Waals surface area (Å²) >= 11 is 0. The van der Waals surface area contributed by atoms with Gasteiger partial charge < -0.3 is 15.4 Å². The van der Waals surface area contributed by atoms with E-state index >= 15 is 0 Å². The van der Waals surface area contributed by atoms with Crippen molar-refractivity contribution in [3.8, 4) is 0 Å². The second kappa shape index (κ2) is 4.09. The number of hydrogen-bond acceptors (Lipinski definition) is 5. The van der Waals surface area contributed by atoms with Gasteiger partial charge in [-0.25, -0.2) is 0 Å². The van der Waals surface area contributed by atoms with E-state index in [9.17, 15) is 0 Å². The van der Waals surface area contributed by atoms with Gasteiger partial charge in [-0.1, -0.05) is 0 Å². The zero-order chi connectivity index (χ0) is 10.8. The summed E-state index contributed by atoms with van der Waals surface area (Å²) in [7, 11) is 0. The first-order valence-corrected chi connectivity index (χ1v) is 5.53. The first-order chi connectivity index (χ1) is 7.92. The summed E-state index contributed by atoms with van der Waals surface area (Å²) in [6.07, 6.45) is 2.77. The average molecular weight is 218 g/mol. The van der Waals surface area contributed by atoms with Gasteiger partial charge in [0.2, 0.25) is 0 Å². The Kier molecular flexibility index (Phi) is 2.46. The summed E-state index contributed by atoms with van der Waals surface area (Å²) in [6, 6.07) is 2.09. The number of pyridine rings is 1. The van der Waals surface area contributed by atoms with Gasteiger partial charge in [0.1, 0.15) is 0 Å². The van der Waals surface area contributed by atoms with Crippen LogP contribution in [-0.4, -0.2) is 30.6 Å². The molecule has 0 aromatic carbocycles. The Morgan fingerprint density at radius 2 is 2.44 bits per heavy atom. The molecule has 0 aliphatic carbocycles. The molecule has 1 aromatic heterocycles. The molecule has 5 heteroatoms. The van der Waals surface area contributed by atoms with Crippen molar-refractivity contribution in [2.24, 2.45) is 4.99 Å². The zero-order valence-electron chi connectivity index (χ0n) is 8.99. The molecule has 5 nitrogen and oxygen atoms in total. The van der Waals surface area contributed by atoms with Crippen molar-refractivity contribution < 1.29 is 4.74 Å². The lowest BCUT2D eigenvalue weighted by molar-refractivity contribution is 0.109. The van der Waals surface area contributed by atoms with Crippen LogP contribution in [0, 0.1) is 0 Å². The normalized spacial score (nSPS) is 18.6. The van der Waals surface area contributed by atoms with E-state index in [1.807, 2.05) is 6.20 Å². The molecule has 0 saturated heterocycles. The predicted molar refractivity (Wildman–Crippen MR) is 61.5 cm³/mol. The van der Waals surface area contributed by atoms with E-state index in [0.717, 1.165) is 43.5 Å². The van der Waals surface area contributed by atoms with Crippen molar-refractivity contribution in [2.75, 3.05) is 25.0 Å². The number of fused-ring (bicyclic) bond motifs is 1. The minimum atomic E-state index is 0.664. The molecular formula is C11H14N4O. The van der Waals surface area contributed by atoms with E-state index in [1.165, 1.54) is 5.56 Å². The molecule has 3 rings (SSSR count). The van der Waals surface area contributed by atoms with Crippen molar-refractivity contribution in [3.05, 3.63) is 23.5 Å². The monoisotopic (exact) mass is 218 g/mol. The van der Waals surface area contributed by atoms with Crippen molar-refractivity contribution >= 4 is 11.6 Å². The number of anilines is 1. The van der Waals surface area contributed by atoms with Gasteiger partial charge in [-0.2, -0.15) is 0 Å². The summed E-state index contributed by atoms with van der Waals surface area (Å²) in [6.45, 7) is 3.19. The molecule has 0 fully saturated rings. The Labute approximate surface area is 93.9 Å². The van der Waals surface area contributed by atoms with Crippen LogP contribution in [0.5, 0.6) is 0 Å². The fraction of sp³-hybridized carbons (Fsp3) is 0.455. The highest BCUT2D eigenvalue weighted by Crippen LogP contribution is 2.18. The lowest BCUT2D eigenvalue weighted by atomic mass is 10.1. The first-order valence-electron chi connectivity index (χ1n) is 5.53. The summed E-state index contributed by atoms with van der Waals surface area (Å²) in [5.41, 5.74) is 3.30. The highest BCUT2D eigenvalue weighted by Gasteiger charge is 2.12. The molecule has 0 spiro atoms. The maximum Gasteiger partial charge on any atom is 0.195 e. The minimum Gasteiger partial charge on any atom is -0.376 e. The van der Waals surface area contributed by atoms with Gasteiger partial charge >= 0.3 is 0 Å². The minimum absolute atomic E-state index is 0.664. The van der Waals surface area contributed by atoms with Crippen LogP contribution in [0.25, 0.3) is 0 Å². The van der Waals surface area contributed by atoms with E-state index in [0.29, 0.717) is 6.61 Å². The lowest BCUT2D eigenvalue weighted by Gasteiger charge is -2.16. The molecule has 2 aliphatic rings. The molecule has 0 unspecified atom stereocenters. The van der Waals surface area contributed by atoms with Crippen LogP contribution < -0.4 is 10.6 Å². The molecule has 0 radical (unpaired) electrons. The second-order valence-electron chi connectivity index (χ2n) is 3.91. The average Bonchev–Trinajstić information content (AvgIpc) is 2.82. The fourth-order valence-corrected chi connectivity index (χ4v) is 1.93. The summed E-state index contributed by atoms with van der Waals surface area (Å²) in [5, 5.41) is 6.38. The maximum atomic E-state index is 5.41. The smallest absolute Gasteiger partial charge is 0.195 e. The molecule has 2 aliphatic heterocycles. The van der Waals surface area contributed by atoms with Crippen molar-refractivity contribution in [3.63, 3.8) is 0 Å². The third-order valence-corrected chi connectivity index (χ3v) is 2.74. The maximum absolute atomic E-state index is 5.41. The molecule has 1 aromatic rings. The Bertz CT molecular complexity index is 430. The molecule has 0 saturated carbocycles. The van der Waals surface area contributed by atoms with Gasteiger partial charge in [0, 0.05) is 24.2 Å². The molecule has 84 valence electrons. The van der Waals surface area contributed by atoms with Crippen LogP contribution in [-0.2, 0) is 17.8 Å². The zero-order valence-corrected chi connectivity index (χ0v) is 8.99. The Balaban J connectivity index is 1.80. The molecule has 0 atom stereocenters. The second-order valence-corrected chi connectivity index (χ2v) is 3.91. The topological polar surface area (TPSA) is 58.5 Å². The molecule has 0 amide bonds. The third kappa shape index (κ3) is 1.86. The van der Waals surface area contributed by atoms with Crippen LogP contribution in [0.3, 0.4) is 0 Å². The Morgan fingerprint density at radius 1 is 1.44 bits per heavy atom. The quantitative estimate of drug-likeness (QED) is 0.721. The first kappa shape index (κ1) is 9.59. The fourth-order valence-electron chi connectivity index (χ4n) is 1.93. The van der Waals surface area contributed by atoms with Gasteiger partial charge in [0.05, 0.1) is 31.6 Å². The van der Waals surface area contributed by atoms with Crippen LogP contribution in [0.15, 0.2) is 17.3 Å². The summed E-state index contributed by atoms with van der Waals surface area (Å²) < 4.78 is 5.41. The lowest BCUT2D eigenvalue weighted by Crippen LogP contribution is -2.26. The number of nitrogens with zero attached hydrogens (tertiary/aromatic N) is 2. The molecule has 2 N–H and O–H groups in total. The van der Waals surface area contributed by atoms with Crippen molar-refractivity contribution in [1.82, 2.24) is 10.3 Å². The number of aromatic nitrogens is 1. The number of ether oxygens (including phenoxy) is 1. The number of rotatable bonds is 1. The molecule has 3 heterocycles. The van der Waals surface area contributed by atoms with E-state index in [2.05, 4.69) is 26.7 Å². The van der Waals surface area contributed by atoms with Gasteiger partial charge in [-0.3, -0.25) is 9.98 Å². The highest BCUT2D eigenvalue weighted by molar-refractivity contribution is 5.94. The van der Waals surface area contributed by atoms with E-state index < -0.39 is 0 Å². The van der Waals surface area contributed by atoms with E-state index in [-0.39, 0.29) is 0 Å². The number of hydrogen-bond donors (Lipinski definition) is 2. The predicted octanol–water partition coefficient (Wildman–Crippen LogP) is 0.525. The van der Waals surface area contributed by atoms with Crippen LogP contribution >= 0.6 is 0 Å². The van der Waals surface area contributed by atoms with Crippen molar-refractivity contribution in [2.45, 2.75) is 13.0 Å². The SMILES string of the molecule is c1nc2c(cc1NC1=NCCN1)COCC2. The molecule has 0 bridgehead atoms. The van der Waals surface area contributed by atoms with Crippen LogP contribution in [0.4, 0.5) is 5.69 Å². The van der Waals surface area contributed by atoms with Gasteiger partial charge in [-0.15, -0.1) is 0 Å². The number of nitrogens with one attached hydrogen (secondary N) is 2. The van der Waals surface area contributed by atoms with Crippen LogP contribution in [0.2, 0.25) is 0 Å². The molecule has 16 heavy (non-hydrogen) atoms. The number of aliphatic imine (C=N–C) groups is 1.